The third-order valence-electron chi connectivity index (χ3n) is 2.70. The van der Waals surface area contributed by atoms with Crippen LogP contribution in [0.5, 0.6) is 0 Å². The first-order chi connectivity index (χ1) is 8.19. The maximum absolute atomic E-state index is 12.7. The van der Waals surface area contributed by atoms with Crippen molar-refractivity contribution in [3.63, 3.8) is 0 Å². The molecule has 0 fully saturated rings. The van der Waals surface area contributed by atoms with Crippen molar-refractivity contribution in [2.75, 3.05) is 5.32 Å². The van der Waals surface area contributed by atoms with Gasteiger partial charge in [-0.15, -0.1) is 0 Å². The molecule has 0 saturated carbocycles. The summed E-state index contributed by atoms with van der Waals surface area (Å²) < 4.78 is 14.6. The van der Waals surface area contributed by atoms with Crippen molar-refractivity contribution in [2.45, 2.75) is 26.9 Å². The van der Waals surface area contributed by atoms with E-state index in [1.54, 1.807) is 12.1 Å². The van der Waals surface area contributed by atoms with Crippen molar-refractivity contribution < 1.29 is 4.39 Å². The fraction of sp³-hybridized carbons (Fsp3) is 0.308. The van der Waals surface area contributed by atoms with Crippen molar-refractivity contribution in [1.82, 2.24) is 9.78 Å². The lowest BCUT2D eigenvalue weighted by Crippen LogP contribution is -1.99. The predicted octanol–water partition coefficient (Wildman–Crippen LogP) is 2.96. The molecule has 0 amide bonds. The van der Waals surface area contributed by atoms with E-state index in [0.29, 0.717) is 6.54 Å². The van der Waals surface area contributed by atoms with Gasteiger partial charge in [-0.2, -0.15) is 5.10 Å². The number of hydrogen-bond donors (Lipinski definition) is 1. The molecule has 1 heterocycles. The fourth-order valence-electron chi connectivity index (χ4n) is 1.66. The zero-order valence-electron chi connectivity index (χ0n) is 10.1. The minimum Gasteiger partial charge on any atom is -0.381 e. The van der Waals surface area contributed by atoms with Gasteiger partial charge in [0, 0.05) is 30.5 Å². The summed E-state index contributed by atoms with van der Waals surface area (Å²) in [6, 6.07) is 6.36. The molecular formula is C13H16FN3. The second-order valence-electron chi connectivity index (χ2n) is 3.96. The van der Waals surface area contributed by atoms with Crippen LogP contribution < -0.4 is 5.32 Å². The van der Waals surface area contributed by atoms with Crippen molar-refractivity contribution in [1.29, 1.82) is 0 Å². The molecule has 4 heteroatoms. The molecule has 0 saturated heterocycles. The fourth-order valence-corrected chi connectivity index (χ4v) is 1.66. The van der Waals surface area contributed by atoms with E-state index in [1.165, 1.54) is 12.1 Å². The van der Waals surface area contributed by atoms with Crippen LogP contribution in [0.3, 0.4) is 0 Å². The molecule has 0 bridgehead atoms. The summed E-state index contributed by atoms with van der Waals surface area (Å²) in [5.41, 5.74) is 3.10. The van der Waals surface area contributed by atoms with E-state index in [1.807, 2.05) is 17.8 Å². The first-order valence-electron chi connectivity index (χ1n) is 5.71. The molecular weight excluding hydrogens is 217 g/mol. The van der Waals surface area contributed by atoms with Crippen molar-refractivity contribution in [3.8, 4) is 0 Å². The van der Waals surface area contributed by atoms with E-state index in [-0.39, 0.29) is 5.82 Å². The second kappa shape index (κ2) is 4.99. The van der Waals surface area contributed by atoms with Gasteiger partial charge in [0.15, 0.2) is 0 Å². The molecule has 0 atom stereocenters. The Bertz CT molecular complexity index is 488. The molecule has 1 N–H and O–H groups in total. The SMILES string of the molecule is CCn1cc(CNc2ccc(F)cc2)c(C)n1. The van der Waals surface area contributed by atoms with Gasteiger partial charge >= 0.3 is 0 Å². The van der Waals surface area contributed by atoms with Crippen LogP contribution in [0.25, 0.3) is 0 Å². The standard InChI is InChI=1S/C13H16FN3/c1-3-17-9-11(10(2)16-17)8-15-13-6-4-12(14)5-7-13/h4-7,9,15H,3,8H2,1-2H3. The van der Waals surface area contributed by atoms with Crippen LogP contribution in [0.15, 0.2) is 30.5 Å². The summed E-state index contributed by atoms with van der Waals surface area (Å²) in [4.78, 5) is 0. The maximum Gasteiger partial charge on any atom is 0.123 e. The van der Waals surface area contributed by atoms with Crippen LogP contribution >= 0.6 is 0 Å². The quantitative estimate of drug-likeness (QED) is 0.879. The van der Waals surface area contributed by atoms with Gasteiger partial charge in [-0.1, -0.05) is 0 Å². The number of halogens is 1. The van der Waals surface area contributed by atoms with Gasteiger partial charge in [-0.05, 0) is 38.1 Å². The first-order valence-corrected chi connectivity index (χ1v) is 5.71. The Morgan fingerprint density at radius 1 is 1.29 bits per heavy atom. The van der Waals surface area contributed by atoms with Gasteiger partial charge in [0.1, 0.15) is 5.82 Å². The Balaban J connectivity index is 2.01. The Morgan fingerprint density at radius 2 is 2.00 bits per heavy atom. The number of benzene rings is 1. The molecule has 90 valence electrons. The molecule has 1 aromatic heterocycles. The molecule has 2 aromatic rings. The number of anilines is 1. The molecule has 3 nitrogen and oxygen atoms in total. The molecule has 0 radical (unpaired) electrons. The lowest BCUT2D eigenvalue weighted by molar-refractivity contribution is 0.628. The van der Waals surface area contributed by atoms with Gasteiger partial charge in [-0.25, -0.2) is 4.39 Å². The number of hydrogen-bond acceptors (Lipinski definition) is 2. The molecule has 0 aliphatic carbocycles. The molecule has 1 aromatic carbocycles. The van der Waals surface area contributed by atoms with Crippen LogP contribution in [-0.4, -0.2) is 9.78 Å². The lowest BCUT2D eigenvalue weighted by Gasteiger charge is -2.04. The Kier molecular flexibility index (Phi) is 3.42. The summed E-state index contributed by atoms with van der Waals surface area (Å²) in [7, 11) is 0. The predicted molar refractivity (Wildman–Crippen MR) is 66.4 cm³/mol. The normalized spacial score (nSPS) is 10.5. The van der Waals surface area contributed by atoms with E-state index in [0.717, 1.165) is 23.5 Å². The van der Waals surface area contributed by atoms with Crippen LogP contribution in [0.2, 0.25) is 0 Å². The van der Waals surface area contributed by atoms with Crippen LogP contribution in [0.1, 0.15) is 18.2 Å². The van der Waals surface area contributed by atoms with Gasteiger partial charge in [0.25, 0.3) is 0 Å². The maximum atomic E-state index is 12.7. The topological polar surface area (TPSA) is 29.9 Å². The molecule has 17 heavy (non-hydrogen) atoms. The summed E-state index contributed by atoms with van der Waals surface area (Å²) in [6.07, 6.45) is 2.03. The second-order valence-corrected chi connectivity index (χ2v) is 3.96. The minimum atomic E-state index is -0.217. The highest BCUT2D eigenvalue weighted by Gasteiger charge is 2.03. The lowest BCUT2D eigenvalue weighted by atomic mass is 10.2. The molecule has 0 spiro atoms. The third-order valence-corrected chi connectivity index (χ3v) is 2.70. The van der Waals surface area contributed by atoms with Gasteiger partial charge in [0.2, 0.25) is 0 Å². The first kappa shape index (κ1) is 11.6. The molecule has 0 aliphatic rings. The van der Waals surface area contributed by atoms with Gasteiger partial charge in [-0.3, -0.25) is 4.68 Å². The average molecular weight is 233 g/mol. The molecule has 0 unspecified atom stereocenters. The summed E-state index contributed by atoms with van der Waals surface area (Å²) in [5, 5.41) is 7.62. The largest absolute Gasteiger partial charge is 0.381 e. The van der Waals surface area contributed by atoms with Crippen LogP contribution in [-0.2, 0) is 13.1 Å². The van der Waals surface area contributed by atoms with Crippen molar-refractivity contribution >= 4 is 5.69 Å². The molecule has 0 aliphatic heterocycles. The Hall–Kier alpha value is -1.84. The zero-order valence-corrected chi connectivity index (χ0v) is 10.1. The third kappa shape index (κ3) is 2.84. The van der Waals surface area contributed by atoms with Gasteiger partial charge in [0.05, 0.1) is 5.69 Å². The monoisotopic (exact) mass is 233 g/mol. The Labute approximate surface area is 100 Å². The number of aromatic nitrogens is 2. The highest BCUT2D eigenvalue weighted by molar-refractivity contribution is 5.43. The van der Waals surface area contributed by atoms with Crippen molar-refractivity contribution in [3.05, 3.63) is 47.5 Å². The number of nitrogens with zero attached hydrogens (tertiary/aromatic N) is 2. The van der Waals surface area contributed by atoms with E-state index < -0.39 is 0 Å². The van der Waals surface area contributed by atoms with E-state index >= 15 is 0 Å². The Morgan fingerprint density at radius 3 is 2.59 bits per heavy atom. The number of nitrogens with one attached hydrogen (secondary N) is 1. The average Bonchev–Trinajstić information content (AvgIpc) is 2.69. The summed E-state index contributed by atoms with van der Waals surface area (Å²) in [5.74, 6) is -0.217. The smallest absolute Gasteiger partial charge is 0.123 e. The van der Waals surface area contributed by atoms with E-state index in [9.17, 15) is 4.39 Å². The zero-order chi connectivity index (χ0) is 12.3. The molecule has 2 rings (SSSR count). The van der Waals surface area contributed by atoms with Crippen molar-refractivity contribution in [2.24, 2.45) is 0 Å². The summed E-state index contributed by atoms with van der Waals surface area (Å²) in [6.45, 7) is 5.63. The van der Waals surface area contributed by atoms with Gasteiger partial charge < -0.3 is 5.32 Å². The minimum absolute atomic E-state index is 0.217. The number of aryl methyl sites for hydroxylation is 2. The van der Waals surface area contributed by atoms with Crippen LogP contribution in [0.4, 0.5) is 10.1 Å². The summed E-state index contributed by atoms with van der Waals surface area (Å²) >= 11 is 0. The van der Waals surface area contributed by atoms with E-state index in [2.05, 4.69) is 17.3 Å². The van der Waals surface area contributed by atoms with E-state index in [4.69, 9.17) is 0 Å². The highest BCUT2D eigenvalue weighted by Crippen LogP contribution is 2.12. The highest BCUT2D eigenvalue weighted by atomic mass is 19.1. The number of rotatable bonds is 4. The van der Waals surface area contributed by atoms with Crippen LogP contribution in [0, 0.1) is 12.7 Å².